The molecule has 6 atom stereocenters. The summed E-state index contributed by atoms with van der Waals surface area (Å²) in [6, 6.07) is -0.787. The van der Waals surface area contributed by atoms with Gasteiger partial charge in [0.25, 0.3) is 0 Å². The third-order valence-corrected chi connectivity index (χ3v) is 7.11. The molecule has 1 spiro atoms. The number of halogens is 1. The number of carbonyl (C=O) groups is 2. The van der Waals surface area contributed by atoms with Gasteiger partial charge >= 0.3 is 31.8 Å². The van der Waals surface area contributed by atoms with Crippen molar-refractivity contribution in [3.05, 3.63) is 12.3 Å². The smallest absolute Gasteiger partial charge is 0.437 e. The van der Waals surface area contributed by atoms with Gasteiger partial charge in [-0.1, -0.05) is 6.92 Å². The lowest BCUT2D eigenvalue weighted by Gasteiger charge is -2.42. The van der Waals surface area contributed by atoms with Gasteiger partial charge in [0, 0.05) is 6.08 Å². The zero-order valence-corrected chi connectivity index (χ0v) is 17.9. The summed E-state index contributed by atoms with van der Waals surface area (Å²) in [6.45, 7) is 5.63. The number of hydrogen-bond donors (Lipinski definition) is 2. The molecule has 0 aliphatic carbocycles. The van der Waals surface area contributed by atoms with Gasteiger partial charge in [-0.3, -0.25) is 24.6 Å². The minimum absolute atomic E-state index is 0.179. The number of urea groups is 1. The highest BCUT2D eigenvalue weighted by Gasteiger charge is 2.98. The average Bonchev–Trinajstić information content (AvgIpc) is 3.05. The molecule has 4 aliphatic heterocycles. The average molecular weight is 448 g/mol. The molecule has 2 N–H and O–H groups in total. The van der Waals surface area contributed by atoms with E-state index in [1.54, 1.807) is 27.7 Å². The number of nitrogens with one attached hydrogen (secondary N) is 2. The topological polar surface area (TPSA) is 133 Å². The molecule has 0 aromatic rings. The number of phosphoric ester groups is 1. The first-order valence-corrected chi connectivity index (χ1v) is 10.9. The summed E-state index contributed by atoms with van der Waals surface area (Å²) in [4.78, 5) is 24.3. The van der Waals surface area contributed by atoms with Crippen molar-refractivity contribution in [2.45, 2.75) is 57.8 Å². The van der Waals surface area contributed by atoms with Gasteiger partial charge in [-0.25, -0.2) is 13.9 Å². The number of quaternary nitrogens is 1. The third-order valence-electron chi connectivity index (χ3n) is 5.77. The molecule has 11 nitrogen and oxygen atoms in total. The van der Waals surface area contributed by atoms with Crippen LogP contribution in [0.15, 0.2) is 12.3 Å². The molecule has 0 aromatic heterocycles. The van der Waals surface area contributed by atoms with Gasteiger partial charge in [-0.2, -0.15) is 4.39 Å². The van der Waals surface area contributed by atoms with Gasteiger partial charge in [0.15, 0.2) is 6.10 Å². The number of amidine groups is 1. The zero-order valence-electron chi connectivity index (χ0n) is 17.0. The summed E-state index contributed by atoms with van der Waals surface area (Å²) in [5.41, 5.74) is -2.06. The number of carbonyl (C=O) groups excluding carboxylic acids is 2. The molecule has 166 valence electrons. The highest BCUT2D eigenvalue weighted by molar-refractivity contribution is 7.48. The fourth-order valence-electron chi connectivity index (χ4n) is 3.93. The molecule has 30 heavy (non-hydrogen) atoms. The molecule has 0 bridgehead atoms. The number of fused-ring (bicyclic) bond motifs is 5. The molecule has 2 amide bonds. The Morgan fingerprint density at radius 1 is 1.50 bits per heavy atom. The second-order valence-corrected chi connectivity index (χ2v) is 10.3. The second kappa shape index (κ2) is 6.41. The molecule has 4 aliphatic rings. The lowest BCUT2D eigenvalue weighted by molar-refractivity contribution is -0.748. The second-order valence-electron chi connectivity index (χ2n) is 8.69. The van der Waals surface area contributed by atoms with Crippen LogP contribution in [-0.2, 0) is 32.4 Å². The van der Waals surface area contributed by atoms with Crippen LogP contribution in [0.3, 0.4) is 0 Å². The maximum atomic E-state index is 16.1. The highest BCUT2D eigenvalue weighted by Crippen LogP contribution is 2.71. The van der Waals surface area contributed by atoms with Crippen LogP contribution in [0.25, 0.3) is 0 Å². The number of rotatable bonds is 4. The molecule has 3 saturated heterocycles. The minimum atomic E-state index is -4.31. The standard InChI is InChI=1S/C17H23FN3O8P/c1-5-16-8-26-30(24,27-9-25-13(22)15(2,3)4)29-11(16)17(18)12(28-16)21(17)7-6-10(19)20-14(21)23/h6-7,11-12H,5,8-9H2,1-4H3,(H-,19,20,23)/p+1/t11-,12-,16-,17-,21?,30?/m1/s1. The third kappa shape index (κ3) is 2.75. The molecule has 2 unspecified atom stereocenters. The molecule has 3 fully saturated rings. The van der Waals surface area contributed by atoms with Crippen LogP contribution in [-0.4, -0.2) is 59.4 Å². The van der Waals surface area contributed by atoms with E-state index in [-0.39, 0.29) is 18.9 Å². The van der Waals surface area contributed by atoms with Crippen molar-refractivity contribution in [2.75, 3.05) is 13.4 Å². The lowest BCUT2D eigenvalue weighted by Crippen LogP contribution is -2.61. The van der Waals surface area contributed by atoms with E-state index in [0.717, 1.165) is 0 Å². The summed E-state index contributed by atoms with van der Waals surface area (Å²) in [5, 5.41) is 9.78. The summed E-state index contributed by atoms with van der Waals surface area (Å²) < 4.78 is 54.7. The van der Waals surface area contributed by atoms with Gasteiger partial charge in [0.2, 0.25) is 6.79 Å². The van der Waals surface area contributed by atoms with Gasteiger partial charge in [-0.05, 0) is 27.2 Å². The number of nitrogens with zero attached hydrogens (tertiary/aromatic N) is 1. The van der Waals surface area contributed by atoms with E-state index < -0.39 is 60.2 Å². The van der Waals surface area contributed by atoms with Crippen molar-refractivity contribution in [1.82, 2.24) is 5.32 Å². The zero-order chi connectivity index (χ0) is 22.2. The molecular weight excluding hydrogens is 424 g/mol. The van der Waals surface area contributed by atoms with E-state index in [1.807, 2.05) is 0 Å². The molecular formula is C17H24FN3O8P+. The quantitative estimate of drug-likeness (QED) is 0.167. The van der Waals surface area contributed by atoms with E-state index in [2.05, 4.69) is 5.32 Å². The molecule has 0 radical (unpaired) electrons. The highest BCUT2D eigenvalue weighted by atomic mass is 31.2. The number of amides is 2. The van der Waals surface area contributed by atoms with Crippen LogP contribution in [0.4, 0.5) is 9.18 Å². The van der Waals surface area contributed by atoms with E-state index in [0.29, 0.717) is 0 Å². The van der Waals surface area contributed by atoms with Crippen molar-refractivity contribution in [1.29, 1.82) is 5.41 Å². The van der Waals surface area contributed by atoms with E-state index in [1.165, 1.54) is 12.3 Å². The first kappa shape index (κ1) is 21.5. The maximum Gasteiger partial charge on any atom is 0.478 e. The monoisotopic (exact) mass is 448 g/mol. The van der Waals surface area contributed by atoms with Crippen LogP contribution < -0.4 is 5.32 Å². The Bertz CT molecular complexity index is 906. The van der Waals surface area contributed by atoms with Gasteiger partial charge in [0.1, 0.15) is 17.6 Å². The van der Waals surface area contributed by atoms with Crippen molar-refractivity contribution >= 4 is 25.7 Å². The number of esters is 1. The van der Waals surface area contributed by atoms with Crippen LogP contribution in [0.2, 0.25) is 0 Å². The number of ether oxygens (including phenoxy) is 2. The maximum absolute atomic E-state index is 16.1. The summed E-state index contributed by atoms with van der Waals surface area (Å²) >= 11 is 0. The first-order valence-electron chi connectivity index (χ1n) is 9.44. The predicted octanol–water partition coefficient (Wildman–Crippen LogP) is 2.29. The van der Waals surface area contributed by atoms with Crippen LogP contribution in [0.1, 0.15) is 34.1 Å². The Hall–Kier alpha value is -1.69. The van der Waals surface area contributed by atoms with Crippen LogP contribution in [0.5, 0.6) is 0 Å². The Labute approximate surface area is 172 Å². The van der Waals surface area contributed by atoms with E-state index in [4.69, 9.17) is 28.5 Å². The summed E-state index contributed by atoms with van der Waals surface area (Å²) in [6.07, 6.45) is 0.0572. The minimum Gasteiger partial charge on any atom is -0.437 e. The molecule has 13 heteroatoms. The van der Waals surface area contributed by atoms with E-state index in [9.17, 15) is 14.2 Å². The lowest BCUT2D eigenvalue weighted by atomic mass is 9.92. The Kier molecular flexibility index (Phi) is 4.60. The molecule has 4 rings (SSSR count). The fourth-order valence-corrected chi connectivity index (χ4v) is 5.28. The molecule has 0 saturated carbocycles. The van der Waals surface area contributed by atoms with Crippen LogP contribution in [0, 0.1) is 10.8 Å². The van der Waals surface area contributed by atoms with Crippen LogP contribution >= 0.6 is 7.82 Å². The summed E-state index contributed by atoms with van der Waals surface area (Å²) in [7, 11) is -4.31. The number of phosphoric acid groups is 1. The SMILES string of the molecule is CC[C@@]12COP(=O)(OCOC(=O)C(C)(C)C)O[C@H]1[C@]1(F)[C@@H](O2)[N+]12C=CC(=N)NC2=O. The fraction of sp³-hybridized carbons (Fsp3) is 0.706. The molecule has 0 aromatic carbocycles. The number of hydrogen-bond acceptors (Lipinski definition) is 9. The Balaban J connectivity index is 1.54. The van der Waals surface area contributed by atoms with Gasteiger partial charge < -0.3 is 9.47 Å². The van der Waals surface area contributed by atoms with Gasteiger partial charge in [0.05, 0.1) is 12.0 Å². The van der Waals surface area contributed by atoms with Crippen molar-refractivity contribution in [3.63, 3.8) is 0 Å². The Morgan fingerprint density at radius 2 is 2.20 bits per heavy atom. The first-order chi connectivity index (χ1) is 13.8. The number of alkyl halides is 1. The predicted molar refractivity (Wildman–Crippen MR) is 97.3 cm³/mol. The van der Waals surface area contributed by atoms with Crippen molar-refractivity contribution in [2.24, 2.45) is 5.41 Å². The van der Waals surface area contributed by atoms with Gasteiger partial charge in [-0.15, -0.1) is 4.48 Å². The van der Waals surface area contributed by atoms with E-state index >= 15 is 4.39 Å². The largest absolute Gasteiger partial charge is 0.478 e. The summed E-state index contributed by atoms with van der Waals surface area (Å²) in [5.74, 6) is -3.14. The molecule has 4 heterocycles. The van der Waals surface area contributed by atoms with Crippen molar-refractivity contribution < 1.29 is 46.1 Å². The van der Waals surface area contributed by atoms with Crippen molar-refractivity contribution in [3.8, 4) is 0 Å². The Morgan fingerprint density at radius 3 is 2.80 bits per heavy atom. The normalized spacial score (nSPS) is 44.4.